The highest BCUT2D eigenvalue weighted by molar-refractivity contribution is 5.87. The van der Waals surface area contributed by atoms with Crippen LogP contribution in [0, 0.1) is 11.8 Å². The SMILES string of the molecule is O=C(O)c1ccc(CN2CC3CCC(O)C3C2)nc1. The molecule has 1 saturated carbocycles. The second kappa shape index (κ2) is 4.90. The number of likely N-dealkylation sites (tertiary alicyclic amines) is 1. The van der Waals surface area contributed by atoms with Crippen LogP contribution in [0.25, 0.3) is 0 Å². The molecule has 19 heavy (non-hydrogen) atoms. The lowest BCUT2D eigenvalue weighted by Gasteiger charge is -2.17. The molecule has 0 spiro atoms. The number of aliphatic hydroxyl groups excluding tert-OH is 1. The maximum Gasteiger partial charge on any atom is 0.337 e. The maximum absolute atomic E-state index is 10.7. The fourth-order valence-corrected chi connectivity index (χ4v) is 3.33. The van der Waals surface area contributed by atoms with E-state index in [9.17, 15) is 9.90 Å². The van der Waals surface area contributed by atoms with Crippen molar-refractivity contribution < 1.29 is 15.0 Å². The fraction of sp³-hybridized carbons (Fsp3) is 0.571. The first-order valence-electron chi connectivity index (χ1n) is 6.72. The van der Waals surface area contributed by atoms with Gasteiger partial charge in [-0.25, -0.2) is 4.79 Å². The number of carbonyl (C=O) groups is 1. The molecule has 1 aliphatic carbocycles. The average Bonchev–Trinajstić information content (AvgIpc) is 2.93. The molecule has 5 heteroatoms. The van der Waals surface area contributed by atoms with Crippen molar-refractivity contribution in [3.8, 4) is 0 Å². The number of aromatic nitrogens is 1. The van der Waals surface area contributed by atoms with Crippen molar-refractivity contribution in [3.05, 3.63) is 29.6 Å². The monoisotopic (exact) mass is 262 g/mol. The molecule has 2 aliphatic rings. The van der Waals surface area contributed by atoms with E-state index in [1.165, 1.54) is 6.20 Å². The molecule has 3 unspecified atom stereocenters. The van der Waals surface area contributed by atoms with E-state index < -0.39 is 5.97 Å². The average molecular weight is 262 g/mol. The highest BCUT2D eigenvalue weighted by Crippen LogP contribution is 2.38. The Morgan fingerprint density at radius 2 is 2.21 bits per heavy atom. The van der Waals surface area contributed by atoms with Gasteiger partial charge < -0.3 is 10.2 Å². The summed E-state index contributed by atoms with van der Waals surface area (Å²) in [4.78, 5) is 17.2. The molecule has 2 heterocycles. The third kappa shape index (κ3) is 2.48. The largest absolute Gasteiger partial charge is 0.478 e. The minimum atomic E-state index is -0.946. The number of fused-ring (bicyclic) bond motifs is 1. The molecule has 0 amide bonds. The third-order valence-electron chi connectivity index (χ3n) is 4.35. The van der Waals surface area contributed by atoms with Crippen LogP contribution in [0.5, 0.6) is 0 Å². The van der Waals surface area contributed by atoms with E-state index in [0.29, 0.717) is 11.8 Å². The van der Waals surface area contributed by atoms with Crippen LogP contribution in [0.3, 0.4) is 0 Å². The van der Waals surface area contributed by atoms with Gasteiger partial charge in [-0.2, -0.15) is 0 Å². The third-order valence-corrected chi connectivity index (χ3v) is 4.35. The summed E-state index contributed by atoms with van der Waals surface area (Å²) in [7, 11) is 0. The minimum Gasteiger partial charge on any atom is -0.478 e. The van der Waals surface area contributed by atoms with E-state index in [0.717, 1.165) is 38.2 Å². The van der Waals surface area contributed by atoms with Gasteiger partial charge in [0.05, 0.1) is 17.4 Å². The Hall–Kier alpha value is -1.46. The van der Waals surface area contributed by atoms with E-state index >= 15 is 0 Å². The van der Waals surface area contributed by atoms with Crippen LogP contribution in [-0.2, 0) is 6.54 Å². The first-order chi connectivity index (χ1) is 9.13. The summed E-state index contributed by atoms with van der Waals surface area (Å²) < 4.78 is 0. The molecule has 3 rings (SSSR count). The molecule has 1 saturated heterocycles. The first kappa shape index (κ1) is 12.6. The van der Waals surface area contributed by atoms with Crippen molar-refractivity contribution in [1.29, 1.82) is 0 Å². The molecule has 0 bridgehead atoms. The van der Waals surface area contributed by atoms with E-state index in [1.54, 1.807) is 12.1 Å². The summed E-state index contributed by atoms with van der Waals surface area (Å²) in [5.41, 5.74) is 1.11. The zero-order chi connectivity index (χ0) is 13.4. The lowest BCUT2D eigenvalue weighted by atomic mass is 10.00. The van der Waals surface area contributed by atoms with Crippen molar-refractivity contribution >= 4 is 5.97 Å². The summed E-state index contributed by atoms with van der Waals surface area (Å²) in [6.07, 6.45) is 3.32. The van der Waals surface area contributed by atoms with Crippen molar-refractivity contribution in [2.45, 2.75) is 25.5 Å². The topological polar surface area (TPSA) is 73.7 Å². The Balaban J connectivity index is 1.62. The lowest BCUT2D eigenvalue weighted by molar-refractivity contribution is 0.0696. The molecular formula is C14H18N2O3. The molecule has 3 atom stereocenters. The Morgan fingerprint density at radius 1 is 1.37 bits per heavy atom. The van der Waals surface area contributed by atoms with Gasteiger partial charge in [0, 0.05) is 31.7 Å². The zero-order valence-corrected chi connectivity index (χ0v) is 10.7. The van der Waals surface area contributed by atoms with Crippen molar-refractivity contribution in [2.24, 2.45) is 11.8 Å². The quantitative estimate of drug-likeness (QED) is 0.849. The summed E-state index contributed by atoms with van der Waals surface area (Å²) in [6.45, 7) is 2.68. The van der Waals surface area contributed by atoms with Gasteiger partial charge in [-0.15, -0.1) is 0 Å². The van der Waals surface area contributed by atoms with Gasteiger partial charge in [-0.3, -0.25) is 9.88 Å². The van der Waals surface area contributed by atoms with Crippen molar-refractivity contribution in [2.75, 3.05) is 13.1 Å². The number of nitrogens with zero attached hydrogens (tertiary/aromatic N) is 2. The minimum absolute atomic E-state index is 0.141. The number of aliphatic hydroxyl groups is 1. The molecule has 2 N–H and O–H groups in total. The number of hydrogen-bond acceptors (Lipinski definition) is 4. The summed E-state index contributed by atoms with van der Waals surface area (Å²) in [5.74, 6) is 0.0875. The number of hydrogen-bond donors (Lipinski definition) is 2. The van der Waals surface area contributed by atoms with Gasteiger partial charge in [-0.05, 0) is 30.9 Å². The van der Waals surface area contributed by atoms with Crippen LogP contribution in [0.15, 0.2) is 18.3 Å². The molecular weight excluding hydrogens is 244 g/mol. The van der Waals surface area contributed by atoms with Crippen LogP contribution in [0.2, 0.25) is 0 Å². The van der Waals surface area contributed by atoms with Crippen LogP contribution in [-0.4, -0.2) is 45.3 Å². The first-order valence-corrected chi connectivity index (χ1v) is 6.72. The van der Waals surface area contributed by atoms with Crippen LogP contribution in [0.4, 0.5) is 0 Å². The fourth-order valence-electron chi connectivity index (χ4n) is 3.33. The van der Waals surface area contributed by atoms with Crippen LogP contribution >= 0.6 is 0 Å². The molecule has 102 valence electrons. The van der Waals surface area contributed by atoms with E-state index in [-0.39, 0.29) is 11.7 Å². The Bertz CT molecular complexity index is 474. The Kier molecular flexibility index (Phi) is 3.24. The van der Waals surface area contributed by atoms with Gasteiger partial charge >= 0.3 is 5.97 Å². The second-order valence-corrected chi connectivity index (χ2v) is 5.61. The number of rotatable bonds is 3. The van der Waals surface area contributed by atoms with Gasteiger partial charge in [0.1, 0.15) is 0 Å². The standard InChI is InChI=1S/C14H18N2O3/c17-13-4-2-10-6-16(8-12(10)13)7-11-3-1-9(5-15-11)14(18)19/h1,3,5,10,12-13,17H,2,4,6-8H2,(H,18,19). The Morgan fingerprint density at radius 3 is 2.84 bits per heavy atom. The summed E-state index contributed by atoms with van der Waals surface area (Å²) >= 11 is 0. The number of carboxylic acids is 1. The molecule has 1 aliphatic heterocycles. The smallest absolute Gasteiger partial charge is 0.337 e. The molecule has 0 aromatic carbocycles. The molecule has 0 radical (unpaired) electrons. The van der Waals surface area contributed by atoms with Gasteiger partial charge in [0.25, 0.3) is 0 Å². The number of carboxylic acid groups (broad SMARTS) is 1. The lowest BCUT2D eigenvalue weighted by Crippen LogP contribution is -2.24. The molecule has 1 aromatic heterocycles. The zero-order valence-electron chi connectivity index (χ0n) is 10.7. The van der Waals surface area contributed by atoms with E-state index in [4.69, 9.17) is 5.11 Å². The maximum atomic E-state index is 10.7. The molecule has 1 aromatic rings. The molecule has 5 nitrogen and oxygen atoms in total. The normalized spacial score (nSPS) is 30.5. The highest BCUT2D eigenvalue weighted by atomic mass is 16.4. The summed E-state index contributed by atoms with van der Waals surface area (Å²) in [5, 5.41) is 18.7. The van der Waals surface area contributed by atoms with Gasteiger partial charge in [0.15, 0.2) is 0 Å². The number of pyridine rings is 1. The van der Waals surface area contributed by atoms with Crippen molar-refractivity contribution in [3.63, 3.8) is 0 Å². The number of aromatic carboxylic acids is 1. The predicted octanol–water partition coefficient (Wildman–Crippen LogP) is 0.982. The van der Waals surface area contributed by atoms with Crippen molar-refractivity contribution in [1.82, 2.24) is 9.88 Å². The summed E-state index contributed by atoms with van der Waals surface area (Å²) in [6, 6.07) is 3.37. The van der Waals surface area contributed by atoms with Crippen LogP contribution < -0.4 is 0 Å². The van der Waals surface area contributed by atoms with Gasteiger partial charge in [-0.1, -0.05) is 0 Å². The highest BCUT2D eigenvalue weighted by Gasteiger charge is 2.41. The van der Waals surface area contributed by atoms with Crippen LogP contribution in [0.1, 0.15) is 28.9 Å². The van der Waals surface area contributed by atoms with E-state index in [1.807, 2.05) is 0 Å². The van der Waals surface area contributed by atoms with E-state index in [2.05, 4.69) is 9.88 Å². The molecule has 2 fully saturated rings. The Labute approximate surface area is 111 Å². The predicted molar refractivity (Wildman–Crippen MR) is 68.7 cm³/mol. The second-order valence-electron chi connectivity index (χ2n) is 5.61. The van der Waals surface area contributed by atoms with Gasteiger partial charge in [0.2, 0.25) is 0 Å².